The van der Waals surface area contributed by atoms with E-state index in [4.69, 9.17) is 0 Å². The summed E-state index contributed by atoms with van der Waals surface area (Å²) in [4.78, 5) is 11.7. The van der Waals surface area contributed by atoms with Crippen molar-refractivity contribution < 1.29 is 13.2 Å². The van der Waals surface area contributed by atoms with Crippen LogP contribution in [-0.4, -0.2) is 31.7 Å². The van der Waals surface area contributed by atoms with Gasteiger partial charge in [0.15, 0.2) is 0 Å². The minimum Gasteiger partial charge on any atom is -0.326 e. The molecule has 1 N–H and O–H groups in total. The molecule has 1 saturated heterocycles. The van der Waals surface area contributed by atoms with Crippen LogP contribution in [0.2, 0.25) is 0 Å². The molecule has 1 aromatic carbocycles. The molecule has 1 amide bonds. The van der Waals surface area contributed by atoms with E-state index in [0.29, 0.717) is 29.8 Å². The summed E-state index contributed by atoms with van der Waals surface area (Å²) in [5.74, 6) is 0.669. The van der Waals surface area contributed by atoms with Gasteiger partial charge in [-0.05, 0) is 42.0 Å². The normalized spacial score (nSPS) is 26.5. The molecule has 2 heterocycles. The highest BCUT2D eigenvalue weighted by Crippen LogP contribution is 2.30. The zero-order chi connectivity index (χ0) is 15.2. The van der Waals surface area contributed by atoms with E-state index in [1.807, 2.05) is 0 Å². The molecule has 1 fully saturated rings. The maximum Gasteiger partial charge on any atom is 0.243 e. The summed E-state index contributed by atoms with van der Waals surface area (Å²) in [6.45, 7) is 5.31. The molecular weight excluding hydrogens is 288 g/mol. The molecule has 114 valence electrons. The van der Waals surface area contributed by atoms with E-state index in [9.17, 15) is 13.2 Å². The van der Waals surface area contributed by atoms with E-state index in [2.05, 4.69) is 19.2 Å². The van der Waals surface area contributed by atoms with Gasteiger partial charge >= 0.3 is 0 Å². The largest absolute Gasteiger partial charge is 0.326 e. The number of carbonyl (C=O) groups is 1. The van der Waals surface area contributed by atoms with Crippen molar-refractivity contribution in [2.24, 2.45) is 11.8 Å². The Hall–Kier alpha value is -1.40. The van der Waals surface area contributed by atoms with Gasteiger partial charge in [-0.2, -0.15) is 4.31 Å². The Bertz CT molecular complexity index is 674. The van der Waals surface area contributed by atoms with Gasteiger partial charge in [0.05, 0.1) is 11.3 Å². The summed E-state index contributed by atoms with van der Waals surface area (Å²) < 4.78 is 27.1. The molecule has 2 aliphatic heterocycles. The van der Waals surface area contributed by atoms with Crippen molar-refractivity contribution >= 4 is 21.6 Å². The average molecular weight is 308 g/mol. The number of rotatable bonds is 2. The van der Waals surface area contributed by atoms with E-state index in [1.54, 1.807) is 22.5 Å². The molecule has 0 unspecified atom stereocenters. The van der Waals surface area contributed by atoms with Crippen LogP contribution >= 0.6 is 0 Å². The number of sulfonamides is 1. The third-order valence-electron chi connectivity index (χ3n) is 4.17. The molecule has 2 atom stereocenters. The van der Waals surface area contributed by atoms with Gasteiger partial charge in [-0.25, -0.2) is 8.42 Å². The first-order chi connectivity index (χ1) is 9.86. The Labute approximate surface area is 125 Å². The number of piperidine rings is 1. The summed E-state index contributed by atoms with van der Waals surface area (Å²) in [7, 11) is -3.47. The summed E-state index contributed by atoms with van der Waals surface area (Å²) in [6.07, 6.45) is 1.32. The van der Waals surface area contributed by atoms with Gasteiger partial charge in [-0.3, -0.25) is 4.79 Å². The Morgan fingerprint density at radius 2 is 1.86 bits per heavy atom. The summed E-state index contributed by atoms with van der Waals surface area (Å²) in [5.41, 5.74) is 1.48. The van der Waals surface area contributed by atoms with Gasteiger partial charge in [-0.15, -0.1) is 0 Å². The molecule has 0 aliphatic carbocycles. The predicted molar refractivity (Wildman–Crippen MR) is 80.5 cm³/mol. The van der Waals surface area contributed by atoms with Gasteiger partial charge in [0.2, 0.25) is 15.9 Å². The number of anilines is 1. The molecule has 3 rings (SSSR count). The Balaban J connectivity index is 1.92. The molecule has 21 heavy (non-hydrogen) atoms. The minimum absolute atomic E-state index is 0.0836. The second-order valence-corrected chi connectivity index (χ2v) is 8.25. The number of amides is 1. The Morgan fingerprint density at radius 3 is 2.52 bits per heavy atom. The number of nitrogens with one attached hydrogen (secondary N) is 1. The summed E-state index contributed by atoms with van der Waals surface area (Å²) in [5, 5.41) is 2.72. The summed E-state index contributed by atoms with van der Waals surface area (Å²) in [6, 6.07) is 4.90. The molecule has 5 nitrogen and oxygen atoms in total. The van der Waals surface area contributed by atoms with Crippen molar-refractivity contribution in [1.29, 1.82) is 0 Å². The smallest absolute Gasteiger partial charge is 0.243 e. The second kappa shape index (κ2) is 5.10. The highest BCUT2D eigenvalue weighted by Gasteiger charge is 2.32. The quantitative estimate of drug-likeness (QED) is 0.906. The Morgan fingerprint density at radius 1 is 1.19 bits per heavy atom. The molecule has 0 radical (unpaired) electrons. The van der Waals surface area contributed by atoms with Crippen molar-refractivity contribution in [3.05, 3.63) is 23.8 Å². The van der Waals surface area contributed by atoms with Crippen molar-refractivity contribution in [2.75, 3.05) is 18.4 Å². The van der Waals surface area contributed by atoms with Gasteiger partial charge in [0.25, 0.3) is 0 Å². The SMILES string of the molecule is C[C@@H]1C[C@H](C)CN(S(=O)(=O)c2ccc3c(c2)CC(=O)N3)C1. The predicted octanol–water partition coefficient (Wildman–Crippen LogP) is 1.85. The molecule has 2 aliphatic rings. The average Bonchev–Trinajstić information content (AvgIpc) is 2.76. The van der Waals surface area contributed by atoms with Crippen LogP contribution in [0.1, 0.15) is 25.8 Å². The van der Waals surface area contributed by atoms with Gasteiger partial charge in [0, 0.05) is 18.8 Å². The molecule has 1 aromatic rings. The van der Waals surface area contributed by atoms with Crippen LogP contribution in [0.3, 0.4) is 0 Å². The number of nitrogens with zero attached hydrogens (tertiary/aromatic N) is 1. The second-order valence-electron chi connectivity index (χ2n) is 6.31. The Kier molecular flexibility index (Phi) is 3.53. The lowest BCUT2D eigenvalue weighted by atomic mass is 9.94. The molecule has 6 heteroatoms. The maximum atomic E-state index is 12.8. The summed E-state index contributed by atoms with van der Waals surface area (Å²) >= 11 is 0. The van der Waals surface area contributed by atoms with E-state index in [-0.39, 0.29) is 12.3 Å². The number of hydrogen-bond donors (Lipinski definition) is 1. The van der Waals surface area contributed by atoms with Crippen LogP contribution in [0.4, 0.5) is 5.69 Å². The molecular formula is C15H20N2O3S. The first-order valence-corrected chi connectivity index (χ1v) is 8.73. The van der Waals surface area contributed by atoms with Crippen molar-refractivity contribution in [2.45, 2.75) is 31.6 Å². The molecule has 0 aromatic heterocycles. The fraction of sp³-hybridized carbons (Fsp3) is 0.533. The lowest BCUT2D eigenvalue weighted by molar-refractivity contribution is -0.115. The lowest BCUT2D eigenvalue weighted by Gasteiger charge is -2.34. The number of hydrogen-bond acceptors (Lipinski definition) is 3. The first-order valence-electron chi connectivity index (χ1n) is 7.29. The van der Waals surface area contributed by atoms with Gasteiger partial charge in [0.1, 0.15) is 0 Å². The van der Waals surface area contributed by atoms with Crippen LogP contribution in [0, 0.1) is 11.8 Å². The van der Waals surface area contributed by atoms with Crippen molar-refractivity contribution in [3.8, 4) is 0 Å². The van der Waals surface area contributed by atoms with E-state index in [0.717, 1.165) is 17.7 Å². The zero-order valence-corrected chi connectivity index (χ0v) is 13.1. The monoisotopic (exact) mass is 308 g/mol. The van der Waals surface area contributed by atoms with Gasteiger partial charge < -0.3 is 5.32 Å². The molecule has 0 saturated carbocycles. The minimum atomic E-state index is -3.47. The topological polar surface area (TPSA) is 66.5 Å². The van der Waals surface area contributed by atoms with Crippen LogP contribution < -0.4 is 5.32 Å². The fourth-order valence-electron chi connectivity index (χ4n) is 3.32. The van der Waals surface area contributed by atoms with E-state index in [1.165, 1.54) is 0 Å². The lowest BCUT2D eigenvalue weighted by Crippen LogP contribution is -2.42. The molecule has 0 bridgehead atoms. The van der Waals surface area contributed by atoms with Crippen molar-refractivity contribution in [3.63, 3.8) is 0 Å². The van der Waals surface area contributed by atoms with Crippen LogP contribution in [0.25, 0.3) is 0 Å². The van der Waals surface area contributed by atoms with Crippen LogP contribution in [0.15, 0.2) is 23.1 Å². The number of benzene rings is 1. The van der Waals surface area contributed by atoms with Crippen LogP contribution in [-0.2, 0) is 21.2 Å². The standard InChI is InChI=1S/C15H20N2O3S/c1-10-5-11(2)9-17(8-10)21(19,20)13-3-4-14-12(6-13)7-15(18)16-14/h3-4,6,10-11H,5,7-9H2,1-2H3,(H,16,18)/t10-,11+. The number of fused-ring (bicyclic) bond motifs is 1. The first kappa shape index (κ1) is 14.5. The van der Waals surface area contributed by atoms with Crippen LogP contribution in [0.5, 0.6) is 0 Å². The van der Waals surface area contributed by atoms with E-state index < -0.39 is 10.0 Å². The fourth-order valence-corrected chi connectivity index (χ4v) is 5.05. The molecule has 0 spiro atoms. The van der Waals surface area contributed by atoms with E-state index >= 15 is 0 Å². The van der Waals surface area contributed by atoms with Gasteiger partial charge in [-0.1, -0.05) is 13.8 Å². The zero-order valence-electron chi connectivity index (χ0n) is 12.3. The highest BCUT2D eigenvalue weighted by molar-refractivity contribution is 7.89. The van der Waals surface area contributed by atoms with Crippen molar-refractivity contribution in [1.82, 2.24) is 4.31 Å². The highest BCUT2D eigenvalue weighted by atomic mass is 32.2. The number of carbonyl (C=O) groups excluding carboxylic acids is 1. The third-order valence-corrected chi connectivity index (χ3v) is 6.00. The maximum absolute atomic E-state index is 12.8. The third kappa shape index (κ3) is 2.70.